The molecule has 0 unspecified atom stereocenters. The van der Waals surface area contributed by atoms with Gasteiger partial charge < -0.3 is 8.98 Å². The zero-order valence-corrected chi connectivity index (χ0v) is 9.84. The molecule has 0 saturated carbocycles. The number of para-hydroxylation sites is 1. The first-order valence-electron chi connectivity index (χ1n) is 5.67. The molecule has 86 valence electrons. The molecule has 0 radical (unpaired) electrons. The van der Waals surface area contributed by atoms with Crippen LogP contribution in [0.25, 0.3) is 22.5 Å². The van der Waals surface area contributed by atoms with Crippen LogP contribution in [0, 0.1) is 0 Å². The van der Waals surface area contributed by atoms with Crippen molar-refractivity contribution < 1.29 is 4.42 Å². The van der Waals surface area contributed by atoms with Gasteiger partial charge in [-0.2, -0.15) is 0 Å². The van der Waals surface area contributed by atoms with Crippen molar-refractivity contribution in [2.75, 3.05) is 0 Å². The van der Waals surface area contributed by atoms with Crippen LogP contribution in [-0.2, 0) is 13.5 Å². The van der Waals surface area contributed by atoms with E-state index in [-0.39, 0.29) is 0 Å². The first kappa shape index (κ1) is 10.1. The van der Waals surface area contributed by atoms with Gasteiger partial charge in [-0.3, -0.25) is 0 Å². The molecule has 0 N–H and O–H groups in total. The van der Waals surface area contributed by atoms with Crippen LogP contribution < -0.4 is 0 Å². The van der Waals surface area contributed by atoms with Crippen LogP contribution in [-0.4, -0.2) is 14.8 Å². The lowest BCUT2D eigenvalue weighted by molar-refractivity contribution is 0.509. The van der Waals surface area contributed by atoms with Gasteiger partial charge in [0.15, 0.2) is 0 Å². The molecule has 3 rings (SSSR count). The maximum absolute atomic E-state index is 5.59. The normalized spacial score (nSPS) is 11.2. The third kappa shape index (κ3) is 1.53. The Labute approximate surface area is 98.9 Å². The molecule has 0 aliphatic rings. The van der Waals surface area contributed by atoms with Crippen molar-refractivity contribution in [1.29, 1.82) is 0 Å². The van der Waals surface area contributed by atoms with E-state index in [0.717, 1.165) is 12.1 Å². The smallest absolute Gasteiger partial charge is 0.264 e. The second-order valence-electron chi connectivity index (χ2n) is 4.00. The van der Waals surface area contributed by atoms with Crippen LogP contribution in [0.2, 0.25) is 0 Å². The van der Waals surface area contributed by atoms with Gasteiger partial charge in [-0.05, 0) is 12.1 Å². The minimum atomic E-state index is 0.584. The predicted molar refractivity (Wildman–Crippen MR) is 65.6 cm³/mol. The van der Waals surface area contributed by atoms with Crippen LogP contribution in [0.3, 0.4) is 0 Å². The zero-order chi connectivity index (χ0) is 11.8. The third-order valence-corrected chi connectivity index (χ3v) is 2.94. The number of fused-ring (bicyclic) bond motifs is 1. The molecule has 2 heterocycles. The van der Waals surface area contributed by atoms with E-state index in [1.807, 2.05) is 26.1 Å². The van der Waals surface area contributed by atoms with E-state index in [1.54, 1.807) is 0 Å². The van der Waals surface area contributed by atoms with Crippen molar-refractivity contribution in [2.24, 2.45) is 7.05 Å². The second kappa shape index (κ2) is 3.73. The lowest BCUT2D eigenvalue weighted by Crippen LogP contribution is -1.90. The van der Waals surface area contributed by atoms with Gasteiger partial charge in [0.25, 0.3) is 5.89 Å². The molecule has 0 aliphatic carbocycles. The quantitative estimate of drug-likeness (QED) is 0.676. The molecule has 0 fully saturated rings. The van der Waals surface area contributed by atoms with Crippen molar-refractivity contribution in [1.82, 2.24) is 14.8 Å². The van der Waals surface area contributed by atoms with Gasteiger partial charge in [0.1, 0.15) is 5.69 Å². The van der Waals surface area contributed by atoms with Gasteiger partial charge in [-0.25, -0.2) is 0 Å². The SMILES string of the molecule is CCc1nnc(-c2cc3ccccc3n2C)o1. The highest BCUT2D eigenvalue weighted by Gasteiger charge is 2.13. The Hall–Kier alpha value is -2.10. The fourth-order valence-corrected chi connectivity index (χ4v) is 1.99. The summed E-state index contributed by atoms with van der Waals surface area (Å²) >= 11 is 0. The minimum absolute atomic E-state index is 0.584. The first-order valence-corrected chi connectivity index (χ1v) is 5.67. The summed E-state index contributed by atoms with van der Waals surface area (Å²) in [5, 5.41) is 9.25. The summed E-state index contributed by atoms with van der Waals surface area (Å²) in [5.74, 6) is 1.26. The molecule has 0 bridgehead atoms. The van der Waals surface area contributed by atoms with E-state index >= 15 is 0 Å². The average molecular weight is 227 g/mol. The van der Waals surface area contributed by atoms with E-state index in [2.05, 4.69) is 33.0 Å². The Morgan fingerprint density at radius 2 is 2.06 bits per heavy atom. The zero-order valence-electron chi connectivity index (χ0n) is 9.84. The largest absolute Gasteiger partial charge is 0.419 e. The van der Waals surface area contributed by atoms with E-state index in [1.165, 1.54) is 10.9 Å². The summed E-state index contributed by atoms with van der Waals surface area (Å²) in [6, 6.07) is 10.3. The predicted octanol–water partition coefficient (Wildman–Crippen LogP) is 2.79. The highest BCUT2D eigenvalue weighted by atomic mass is 16.4. The molecule has 4 heteroatoms. The van der Waals surface area contributed by atoms with Crippen molar-refractivity contribution in [2.45, 2.75) is 13.3 Å². The van der Waals surface area contributed by atoms with Gasteiger partial charge in [0.05, 0.1) is 0 Å². The Morgan fingerprint density at radius 1 is 1.24 bits per heavy atom. The summed E-state index contributed by atoms with van der Waals surface area (Å²) in [5.41, 5.74) is 2.12. The van der Waals surface area contributed by atoms with Crippen molar-refractivity contribution in [3.05, 3.63) is 36.2 Å². The topological polar surface area (TPSA) is 43.9 Å². The Bertz CT molecular complexity index is 666. The maximum atomic E-state index is 5.59. The molecule has 0 saturated heterocycles. The van der Waals surface area contributed by atoms with E-state index in [4.69, 9.17) is 4.42 Å². The summed E-state index contributed by atoms with van der Waals surface area (Å²) in [6.07, 6.45) is 0.761. The number of nitrogens with zero attached hydrogens (tertiary/aromatic N) is 3. The lowest BCUT2D eigenvalue weighted by Gasteiger charge is -1.98. The summed E-state index contributed by atoms with van der Waals surface area (Å²) < 4.78 is 7.66. The van der Waals surface area contributed by atoms with Gasteiger partial charge in [-0.15, -0.1) is 10.2 Å². The molecule has 0 amide bonds. The number of hydrogen-bond donors (Lipinski definition) is 0. The summed E-state index contributed by atoms with van der Waals surface area (Å²) in [4.78, 5) is 0. The fraction of sp³-hybridized carbons (Fsp3) is 0.231. The van der Waals surface area contributed by atoms with E-state index in [9.17, 15) is 0 Å². The number of aryl methyl sites for hydroxylation is 2. The fourth-order valence-electron chi connectivity index (χ4n) is 1.99. The van der Waals surface area contributed by atoms with Crippen LogP contribution in [0.1, 0.15) is 12.8 Å². The highest BCUT2D eigenvalue weighted by molar-refractivity contribution is 5.85. The number of hydrogen-bond acceptors (Lipinski definition) is 3. The van der Waals surface area contributed by atoms with Gasteiger partial charge in [0.2, 0.25) is 5.89 Å². The number of benzene rings is 1. The van der Waals surface area contributed by atoms with Crippen LogP contribution >= 0.6 is 0 Å². The Balaban J connectivity index is 2.20. The van der Waals surface area contributed by atoms with E-state index < -0.39 is 0 Å². The minimum Gasteiger partial charge on any atom is -0.419 e. The van der Waals surface area contributed by atoms with Crippen molar-refractivity contribution in [3.8, 4) is 11.6 Å². The van der Waals surface area contributed by atoms with Gasteiger partial charge in [-0.1, -0.05) is 25.1 Å². The molecule has 2 aromatic heterocycles. The average Bonchev–Trinajstić information content (AvgIpc) is 2.95. The molecule has 17 heavy (non-hydrogen) atoms. The molecular formula is C13H13N3O. The van der Waals surface area contributed by atoms with Crippen LogP contribution in [0.4, 0.5) is 0 Å². The molecule has 4 nitrogen and oxygen atoms in total. The van der Waals surface area contributed by atoms with Crippen LogP contribution in [0.15, 0.2) is 34.7 Å². The first-order chi connectivity index (χ1) is 8.29. The maximum Gasteiger partial charge on any atom is 0.264 e. The number of rotatable bonds is 2. The second-order valence-corrected chi connectivity index (χ2v) is 4.00. The molecule has 0 aliphatic heterocycles. The summed E-state index contributed by atoms with van der Waals surface area (Å²) in [7, 11) is 2.01. The van der Waals surface area contributed by atoms with Gasteiger partial charge in [0, 0.05) is 24.4 Å². The molecule has 0 atom stereocenters. The highest BCUT2D eigenvalue weighted by Crippen LogP contribution is 2.26. The standard InChI is InChI=1S/C13H13N3O/c1-3-12-14-15-13(17-12)11-8-9-6-4-5-7-10(9)16(11)2/h4-8H,3H2,1-2H3. The van der Waals surface area contributed by atoms with Crippen molar-refractivity contribution >= 4 is 10.9 Å². The third-order valence-electron chi connectivity index (χ3n) is 2.94. The van der Waals surface area contributed by atoms with Gasteiger partial charge >= 0.3 is 0 Å². The lowest BCUT2D eigenvalue weighted by atomic mass is 10.2. The molecular weight excluding hydrogens is 214 g/mol. The van der Waals surface area contributed by atoms with Crippen molar-refractivity contribution in [3.63, 3.8) is 0 Å². The molecule has 0 spiro atoms. The van der Waals surface area contributed by atoms with E-state index in [0.29, 0.717) is 11.8 Å². The molecule has 3 aromatic rings. The monoisotopic (exact) mass is 227 g/mol. The number of aromatic nitrogens is 3. The Morgan fingerprint density at radius 3 is 2.76 bits per heavy atom. The van der Waals surface area contributed by atoms with Crippen LogP contribution in [0.5, 0.6) is 0 Å². The molecule has 1 aromatic carbocycles. The summed E-state index contributed by atoms with van der Waals surface area (Å²) in [6.45, 7) is 2.00. The Kier molecular flexibility index (Phi) is 2.21.